The van der Waals surface area contributed by atoms with E-state index in [0.29, 0.717) is 22.7 Å². The zero-order valence-electron chi connectivity index (χ0n) is 17.0. The smallest absolute Gasteiger partial charge is 0.280 e. The van der Waals surface area contributed by atoms with Gasteiger partial charge < -0.3 is 16.0 Å². The first-order valence-corrected chi connectivity index (χ1v) is 11.5. The Morgan fingerprint density at radius 1 is 1.07 bits per heavy atom. The van der Waals surface area contributed by atoms with Crippen LogP contribution in [0.1, 0.15) is 52.0 Å². The molecule has 2 aliphatic rings. The molecule has 0 spiro atoms. The van der Waals surface area contributed by atoms with Crippen molar-refractivity contribution in [1.29, 1.82) is 0 Å². The van der Waals surface area contributed by atoms with Gasteiger partial charge >= 0.3 is 0 Å². The summed E-state index contributed by atoms with van der Waals surface area (Å²) < 4.78 is 0. The van der Waals surface area contributed by atoms with Gasteiger partial charge in [-0.05, 0) is 31.2 Å². The van der Waals surface area contributed by atoms with Gasteiger partial charge in [0, 0.05) is 29.2 Å². The maximum atomic E-state index is 13.3. The number of hydrogen-bond donors (Lipinski definition) is 3. The van der Waals surface area contributed by atoms with Crippen molar-refractivity contribution in [2.45, 2.75) is 38.5 Å². The van der Waals surface area contributed by atoms with E-state index < -0.39 is 0 Å². The number of carbonyl (C=O) groups excluding carboxylic acids is 3. The molecule has 0 bridgehead atoms. The number of primary amides is 1. The van der Waals surface area contributed by atoms with E-state index in [2.05, 4.69) is 5.32 Å². The Kier molecular flexibility index (Phi) is 6.29. The second kappa shape index (κ2) is 9.10. The van der Waals surface area contributed by atoms with Crippen LogP contribution in [0.2, 0.25) is 0 Å². The lowest BCUT2D eigenvalue weighted by atomic mass is 9.92. The van der Waals surface area contributed by atoms with E-state index in [-0.39, 0.29) is 23.5 Å². The Labute approximate surface area is 180 Å². The van der Waals surface area contributed by atoms with E-state index in [1.165, 1.54) is 4.88 Å². The number of fused-ring (bicyclic) bond motifs is 1. The summed E-state index contributed by atoms with van der Waals surface area (Å²) in [6, 6.07) is 9.28. The van der Waals surface area contributed by atoms with Gasteiger partial charge in [-0.2, -0.15) is 0 Å². The van der Waals surface area contributed by atoms with E-state index in [9.17, 15) is 14.4 Å². The number of amides is 2. The topological polar surface area (TPSA) is 93.7 Å². The predicted octanol–water partition coefficient (Wildman–Crippen LogP) is 1.58. The normalized spacial score (nSPS) is 20.9. The number of nitrogens with one attached hydrogen (secondary N) is 2. The van der Waals surface area contributed by atoms with Gasteiger partial charge in [-0.15, -0.1) is 11.3 Å². The van der Waals surface area contributed by atoms with Crippen molar-refractivity contribution >= 4 is 33.9 Å². The highest BCUT2D eigenvalue weighted by Crippen LogP contribution is 2.39. The first-order valence-electron chi connectivity index (χ1n) is 10.7. The number of piperidine rings is 1. The summed E-state index contributed by atoms with van der Waals surface area (Å²) in [6.07, 6.45) is 5.51. The summed E-state index contributed by atoms with van der Waals surface area (Å²) in [7, 11) is 0. The molecule has 0 radical (unpaired) electrons. The number of anilines is 1. The highest BCUT2D eigenvalue weighted by molar-refractivity contribution is 7.17. The van der Waals surface area contributed by atoms with Gasteiger partial charge in [0.1, 0.15) is 5.00 Å². The Hall–Kier alpha value is -2.51. The van der Waals surface area contributed by atoms with Crippen LogP contribution in [0.4, 0.5) is 5.00 Å². The Morgan fingerprint density at radius 3 is 2.47 bits per heavy atom. The van der Waals surface area contributed by atoms with Gasteiger partial charge in [0.05, 0.1) is 18.7 Å². The fourth-order valence-corrected chi connectivity index (χ4v) is 5.82. The van der Waals surface area contributed by atoms with Crippen molar-refractivity contribution < 1.29 is 19.3 Å². The minimum atomic E-state index is -0.244. The first-order chi connectivity index (χ1) is 14.5. The molecule has 0 unspecified atom stereocenters. The molecule has 2 amide bonds. The minimum Gasteiger partial charge on any atom is -0.369 e. The maximum absolute atomic E-state index is 13.3. The number of carbonyl (C=O) groups is 3. The van der Waals surface area contributed by atoms with Crippen molar-refractivity contribution in [3.63, 3.8) is 0 Å². The van der Waals surface area contributed by atoms with Crippen LogP contribution < -0.4 is 16.0 Å². The van der Waals surface area contributed by atoms with Crippen LogP contribution in [0, 0.1) is 5.92 Å². The molecule has 1 aromatic carbocycles. The SMILES string of the molecule is NC(=O)C1CC[NH+](CC(=O)Nc2sc3c(c2C(=O)c2ccccc2)CCCC3)CC1. The molecule has 0 saturated carbocycles. The summed E-state index contributed by atoms with van der Waals surface area (Å²) in [5, 5.41) is 3.73. The monoisotopic (exact) mass is 426 g/mol. The molecular weight excluding hydrogens is 398 g/mol. The highest BCUT2D eigenvalue weighted by Gasteiger charge is 2.29. The van der Waals surface area contributed by atoms with Crippen LogP contribution >= 0.6 is 11.3 Å². The second-order valence-electron chi connectivity index (χ2n) is 8.26. The highest BCUT2D eigenvalue weighted by atomic mass is 32.1. The second-order valence-corrected chi connectivity index (χ2v) is 9.37. The largest absolute Gasteiger partial charge is 0.369 e. The van der Waals surface area contributed by atoms with Crippen LogP contribution in [0.5, 0.6) is 0 Å². The third-order valence-corrected chi connectivity index (χ3v) is 7.40. The van der Waals surface area contributed by atoms with Crippen molar-refractivity contribution in [2.75, 3.05) is 25.0 Å². The van der Waals surface area contributed by atoms with E-state index in [1.807, 2.05) is 30.3 Å². The molecule has 1 aliphatic heterocycles. The molecule has 0 atom stereocenters. The average Bonchev–Trinajstić information content (AvgIpc) is 3.11. The molecule has 1 aliphatic carbocycles. The van der Waals surface area contributed by atoms with E-state index in [4.69, 9.17) is 5.73 Å². The molecule has 7 heteroatoms. The van der Waals surface area contributed by atoms with Crippen molar-refractivity contribution in [3.8, 4) is 0 Å². The minimum absolute atomic E-state index is 0.0140. The maximum Gasteiger partial charge on any atom is 0.280 e. The van der Waals surface area contributed by atoms with Crippen LogP contribution in [0.15, 0.2) is 30.3 Å². The summed E-state index contributed by atoms with van der Waals surface area (Å²) in [4.78, 5) is 39.8. The van der Waals surface area contributed by atoms with E-state index >= 15 is 0 Å². The van der Waals surface area contributed by atoms with Crippen molar-refractivity contribution in [1.82, 2.24) is 0 Å². The standard InChI is InChI=1S/C23H27N3O3S/c24-22(29)16-10-12-26(13-11-16)14-19(27)25-23-20(17-8-4-5-9-18(17)30-23)21(28)15-6-2-1-3-7-15/h1-3,6-7,16H,4-5,8-14H2,(H2,24,29)(H,25,27)/p+1. The summed E-state index contributed by atoms with van der Waals surface area (Å²) in [5.41, 5.74) is 7.84. The number of quaternary nitrogens is 1. The molecule has 158 valence electrons. The van der Waals surface area contributed by atoms with Gasteiger partial charge in [-0.3, -0.25) is 14.4 Å². The fourth-order valence-electron chi connectivity index (χ4n) is 4.51. The predicted molar refractivity (Wildman–Crippen MR) is 117 cm³/mol. The quantitative estimate of drug-likeness (QED) is 0.612. The average molecular weight is 427 g/mol. The number of thiophene rings is 1. The van der Waals surface area contributed by atoms with E-state index in [1.54, 1.807) is 11.3 Å². The number of ketones is 1. The third-order valence-electron chi connectivity index (χ3n) is 6.19. The summed E-state index contributed by atoms with van der Waals surface area (Å²) >= 11 is 1.56. The van der Waals surface area contributed by atoms with Gasteiger partial charge in [-0.25, -0.2) is 0 Å². The van der Waals surface area contributed by atoms with Crippen LogP contribution in [0.3, 0.4) is 0 Å². The van der Waals surface area contributed by atoms with Crippen LogP contribution in [-0.2, 0) is 22.4 Å². The Balaban J connectivity index is 1.50. The summed E-state index contributed by atoms with van der Waals surface area (Å²) in [5.74, 6) is -0.411. The molecule has 1 saturated heterocycles. The first kappa shape index (κ1) is 20.8. The molecular formula is C23H28N3O3S+. The lowest BCUT2D eigenvalue weighted by Gasteiger charge is -2.27. The number of aryl methyl sites for hydroxylation is 1. The van der Waals surface area contributed by atoms with E-state index in [0.717, 1.165) is 62.1 Å². The molecule has 4 N–H and O–H groups in total. The lowest BCUT2D eigenvalue weighted by Crippen LogP contribution is -3.14. The number of hydrogen-bond acceptors (Lipinski definition) is 4. The summed E-state index contributed by atoms with van der Waals surface area (Å²) in [6.45, 7) is 1.86. The third kappa shape index (κ3) is 4.47. The van der Waals surface area contributed by atoms with Gasteiger partial charge in [0.25, 0.3) is 5.91 Å². The molecule has 1 aromatic heterocycles. The van der Waals surface area contributed by atoms with Crippen LogP contribution in [0.25, 0.3) is 0 Å². The number of likely N-dealkylation sites (tertiary alicyclic amines) is 1. The zero-order valence-corrected chi connectivity index (χ0v) is 17.9. The fraction of sp³-hybridized carbons (Fsp3) is 0.435. The molecule has 1 fully saturated rings. The number of benzene rings is 1. The van der Waals surface area contributed by atoms with Crippen molar-refractivity contribution in [3.05, 3.63) is 51.9 Å². The van der Waals surface area contributed by atoms with Gasteiger partial charge in [-0.1, -0.05) is 30.3 Å². The molecule has 2 aromatic rings. The van der Waals surface area contributed by atoms with Crippen LogP contribution in [-0.4, -0.2) is 37.2 Å². The zero-order chi connectivity index (χ0) is 21.1. The van der Waals surface area contributed by atoms with Gasteiger partial charge in [0.15, 0.2) is 12.3 Å². The Bertz CT molecular complexity index is 946. The lowest BCUT2D eigenvalue weighted by molar-refractivity contribution is -0.897. The molecule has 2 heterocycles. The van der Waals surface area contributed by atoms with Gasteiger partial charge in [0.2, 0.25) is 5.91 Å². The van der Waals surface area contributed by atoms with Crippen molar-refractivity contribution in [2.24, 2.45) is 11.7 Å². The molecule has 30 heavy (non-hydrogen) atoms. The number of rotatable bonds is 6. The Morgan fingerprint density at radius 2 is 1.77 bits per heavy atom. The molecule has 6 nitrogen and oxygen atoms in total. The molecule has 4 rings (SSSR count). The number of nitrogens with two attached hydrogens (primary N) is 1.